The molecule has 14 heavy (non-hydrogen) atoms. The average Bonchev–Trinajstić information content (AvgIpc) is 2.11. The van der Waals surface area contributed by atoms with E-state index in [1.807, 2.05) is 5.32 Å². The third-order valence-corrected chi connectivity index (χ3v) is 1.08. The molecule has 1 N–H and O–H groups in total. The molecule has 0 spiro atoms. The summed E-state index contributed by atoms with van der Waals surface area (Å²) in [4.78, 5) is 32.3. The molecule has 0 unspecified atom stereocenters. The average molecular weight is 211 g/mol. The second-order valence-corrected chi connectivity index (χ2v) is 2.04. The molecule has 0 aliphatic carbocycles. The zero-order valence-electron chi connectivity index (χ0n) is 8.54. The first kappa shape index (κ1) is 15.7. The normalized spacial score (nSPS) is 7.93. The standard InChI is InChI=1S/C7H10NO5.Na/c1-4(9)8-5(6(10)12-2)7(11)13-3;/h1-3H3,(H,8,9);/q-1;+1. The first-order valence-electron chi connectivity index (χ1n) is 3.34. The number of rotatable bonds is 3. The zero-order chi connectivity index (χ0) is 10.4. The molecule has 6 nitrogen and oxygen atoms in total. The maximum atomic E-state index is 10.9. The molecule has 0 aromatic carbocycles. The Labute approximate surface area is 104 Å². The molecule has 0 saturated heterocycles. The molecule has 0 aromatic heterocycles. The van der Waals surface area contributed by atoms with E-state index in [0.717, 1.165) is 21.1 Å². The van der Waals surface area contributed by atoms with Crippen LogP contribution in [0, 0.1) is 6.04 Å². The van der Waals surface area contributed by atoms with Crippen LogP contribution >= 0.6 is 0 Å². The SMILES string of the molecule is COC(=O)[C-](NC(C)=O)C(=O)OC.[Na+]. The molecule has 0 rings (SSSR count). The topological polar surface area (TPSA) is 81.7 Å². The van der Waals surface area contributed by atoms with Crippen LogP contribution in [0.5, 0.6) is 0 Å². The smallest absolute Gasteiger partial charge is 0.489 e. The summed E-state index contributed by atoms with van der Waals surface area (Å²) in [5.74, 6) is -2.44. The van der Waals surface area contributed by atoms with Crippen LogP contribution in [0.1, 0.15) is 6.92 Å². The molecule has 0 atom stereocenters. The van der Waals surface area contributed by atoms with Crippen LogP contribution in [0.4, 0.5) is 0 Å². The van der Waals surface area contributed by atoms with Crippen molar-refractivity contribution in [2.45, 2.75) is 6.92 Å². The summed E-state index contributed by atoms with van der Waals surface area (Å²) >= 11 is 0. The van der Waals surface area contributed by atoms with Crippen LogP contribution in [-0.4, -0.2) is 32.1 Å². The first-order valence-corrected chi connectivity index (χ1v) is 3.34. The zero-order valence-corrected chi connectivity index (χ0v) is 10.5. The molecule has 7 heteroatoms. The minimum atomic E-state index is -0.943. The Morgan fingerprint density at radius 2 is 1.43 bits per heavy atom. The van der Waals surface area contributed by atoms with Gasteiger partial charge in [0.15, 0.2) is 17.8 Å². The van der Waals surface area contributed by atoms with Gasteiger partial charge < -0.3 is 14.8 Å². The van der Waals surface area contributed by atoms with Crippen LogP contribution in [0.15, 0.2) is 0 Å². The summed E-state index contributed by atoms with van der Waals surface area (Å²) in [5.41, 5.74) is 0. The third kappa shape index (κ3) is 5.11. The number of esters is 2. The van der Waals surface area contributed by atoms with Gasteiger partial charge in [0, 0.05) is 6.92 Å². The van der Waals surface area contributed by atoms with E-state index >= 15 is 0 Å². The molecule has 74 valence electrons. The van der Waals surface area contributed by atoms with Gasteiger partial charge in [-0.3, -0.25) is 14.4 Å². The Morgan fingerprint density at radius 3 is 1.64 bits per heavy atom. The van der Waals surface area contributed by atoms with Crippen molar-refractivity contribution >= 4 is 17.8 Å². The number of amides is 1. The Kier molecular flexibility index (Phi) is 8.61. The van der Waals surface area contributed by atoms with E-state index < -0.39 is 23.9 Å². The molecule has 0 fully saturated rings. The van der Waals surface area contributed by atoms with Gasteiger partial charge in [-0.1, -0.05) is 6.04 Å². The molecule has 0 aromatic rings. The second-order valence-electron chi connectivity index (χ2n) is 2.04. The minimum absolute atomic E-state index is 0. The molecular weight excluding hydrogens is 201 g/mol. The predicted octanol–water partition coefficient (Wildman–Crippen LogP) is -4.00. The Morgan fingerprint density at radius 1 is 1.07 bits per heavy atom. The van der Waals surface area contributed by atoms with Gasteiger partial charge in [0.1, 0.15) is 0 Å². The van der Waals surface area contributed by atoms with Crippen LogP contribution < -0.4 is 34.9 Å². The van der Waals surface area contributed by atoms with Crippen LogP contribution in [0.25, 0.3) is 0 Å². The third-order valence-electron chi connectivity index (χ3n) is 1.08. The van der Waals surface area contributed by atoms with Gasteiger partial charge in [0.25, 0.3) is 0 Å². The van der Waals surface area contributed by atoms with E-state index in [-0.39, 0.29) is 29.6 Å². The molecule has 0 aliphatic heterocycles. The Balaban J connectivity index is 0. The van der Waals surface area contributed by atoms with Gasteiger partial charge in [0.05, 0.1) is 14.2 Å². The maximum absolute atomic E-state index is 10.9. The van der Waals surface area contributed by atoms with Crippen LogP contribution in [-0.2, 0) is 23.9 Å². The molecule has 0 radical (unpaired) electrons. The fourth-order valence-corrected chi connectivity index (χ4v) is 0.566. The number of hydrogen-bond acceptors (Lipinski definition) is 5. The molecule has 0 saturated carbocycles. The van der Waals surface area contributed by atoms with E-state index in [2.05, 4.69) is 9.47 Å². The van der Waals surface area contributed by atoms with E-state index in [1.54, 1.807) is 0 Å². The van der Waals surface area contributed by atoms with E-state index in [1.165, 1.54) is 0 Å². The quantitative estimate of drug-likeness (QED) is 0.223. The van der Waals surface area contributed by atoms with Crippen LogP contribution in [0.3, 0.4) is 0 Å². The number of nitrogens with one attached hydrogen (secondary N) is 1. The van der Waals surface area contributed by atoms with Crippen molar-refractivity contribution in [3.8, 4) is 0 Å². The molecule has 1 amide bonds. The van der Waals surface area contributed by atoms with Gasteiger partial charge in [-0.2, -0.15) is 0 Å². The van der Waals surface area contributed by atoms with Crippen LogP contribution in [0.2, 0.25) is 0 Å². The number of methoxy groups -OCH3 is 2. The van der Waals surface area contributed by atoms with Gasteiger partial charge >= 0.3 is 29.6 Å². The van der Waals surface area contributed by atoms with Gasteiger partial charge in [0.2, 0.25) is 0 Å². The van der Waals surface area contributed by atoms with E-state index in [4.69, 9.17) is 0 Å². The van der Waals surface area contributed by atoms with Crippen molar-refractivity contribution < 1.29 is 53.4 Å². The van der Waals surface area contributed by atoms with Crippen molar-refractivity contribution in [2.24, 2.45) is 0 Å². The van der Waals surface area contributed by atoms with Gasteiger partial charge in [-0.05, 0) is 0 Å². The van der Waals surface area contributed by atoms with Crippen molar-refractivity contribution in [3.63, 3.8) is 0 Å². The fourth-order valence-electron chi connectivity index (χ4n) is 0.566. The van der Waals surface area contributed by atoms with Crippen molar-refractivity contribution in [1.82, 2.24) is 5.32 Å². The monoisotopic (exact) mass is 211 g/mol. The van der Waals surface area contributed by atoms with Gasteiger partial charge in [-0.15, -0.1) is 0 Å². The van der Waals surface area contributed by atoms with E-state index in [0.29, 0.717) is 0 Å². The molecule has 0 heterocycles. The summed E-state index contributed by atoms with van der Waals surface area (Å²) in [7, 11) is 2.18. The van der Waals surface area contributed by atoms with Crippen molar-refractivity contribution in [1.29, 1.82) is 0 Å². The first-order chi connectivity index (χ1) is 6.02. The Bertz CT molecular complexity index is 214. The molecule has 0 aliphatic rings. The maximum Gasteiger partial charge on any atom is 1.00 e. The summed E-state index contributed by atoms with van der Waals surface area (Å²) in [6, 6.07) is -0.530. The summed E-state index contributed by atoms with van der Waals surface area (Å²) < 4.78 is 8.49. The molecule has 0 bridgehead atoms. The fraction of sp³-hybridized carbons (Fsp3) is 0.429. The summed E-state index contributed by atoms with van der Waals surface area (Å²) in [6.45, 7) is 1.16. The Hall–Kier alpha value is -0.720. The number of carbonyl (C=O) groups excluding carboxylic acids is 3. The van der Waals surface area contributed by atoms with Crippen molar-refractivity contribution in [3.05, 3.63) is 6.04 Å². The minimum Gasteiger partial charge on any atom is -0.489 e. The van der Waals surface area contributed by atoms with E-state index in [9.17, 15) is 14.4 Å². The predicted molar refractivity (Wildman–Crippen MR) is 41.1 cm³/mol. The number of ether oxygens (including phenoxy) is 2. The largest absolute Gasteiger partial charge is 1.00 e. The van der Waals surface area contributed by atoms with Crippen molar-refractivity contribution in [2.75, 3.05) is 14.2 Å². The molecular formula is C7H10NNaO5. The number of carbonyl (C=O) groups is 3. The summed E-state index contributed by atoms with van der Waals surface area (Å²) in [5, 5.41) is 2.01. The second kappa shape index (κ2) is 7.66. The van der Waals surface area contributed by atoms with Gasteiger partial charge in [-0.25, -0.2) is 0 Å². The number of hydrogen-bond donors (Lipinski definition) is 1. The summed E-state index contributed by atoms with van der Waals surface area (Å²) in [6.07, 6.45) is 0.